The number of benzene rings is 2. The quantitative estimate of drug-likeness (QED) is 0.0973. The van der Waals surface area contributed by atoms with Gasteiger partial charge < -0.3 is 25.4 Å². The van der Waals surface area contributed by atoms with Crippen LogP contribution in [0.15, 0.2) is 77.8 Å². The fraction of sp³-hybridized carbons (Fsp3) is 0.474. The van der Waals surface area contributed by atoms with Crippen molar-refractivity contribution in [1.82, 2.24) is 25.5 Å². The minimum absolute atomic E-state index is 0.0491. The number of rotatable bonds is 18. The van der Waals surface area contributed by atoms with Gasteiger partial charge in [0, 0.05) is 30.6 Å². The summed E-state index contributed by atoms with van der Waals surface area (Å²) in [5.41, 5.74) is 4.79. The highest BCUT2D eigenvalue weighted by molar-refractivity contribution is 7.09. The van der Waals surface area contributed by atoms with Crippen LogP contribution in [0.1, 0.15) is 79.6 Å². The highest BCUT2D eigenvalue weighted by Crippen LogP contribution is 2.25. The zero-order valence-corrected chi connectivity index (χ0v) is 30.9. The summed E-state index contributed by atoms with van der Waals surface area (Å²) in [4.78, 5) is 37.5. The molecule has 2 heterocycles. The molecule has 9 nitrogen and oxygen atoms in total. The molecule has 0 radical (unpaired) electrons. The van der Waals surface area contributed by atoms with Gasteiger partial charge in [-0.05, 0) is 55.1 Å². The molecule has 2 aromatic carbocycles. The molecule has 0 unspecified atom stereocenters. The van der Waals surface area contributed by atoms with Gasteiger partial charge in [-0.3, -0.25) is 4.98 Å². The van der Waals surface area contributed by atoms with Crippen molar-refractivity contribution in [2.45, 2.75) is 97.1 Å². The summed E-state index contributed by atoms with van der Waals surface area (Å²) in [7, 11) is 1.80. The molecular weight excluding hydrogens is 655 g/mol. The molecule has 264 valence electrons. The fourth-order valence-electron chi connectivity index (χ4n) is 5.78. The monoisotopic (exact) mass is 705 g/mol. The lowest BCUT2D eigenvalue weighted by molar-refractivity contribution is 0.0833. The van der Waals surface area contributed by atoms with Crippen LogP contribution in [0.25, 0.3) is 0 Å². The van der Waals surface area contributed by atoms with Gasteiger partial charge in [-0.2, -0.15) is 0 Å². The van der Waals surface area contributed by atoms with Gasteiger partial charge in [-0.15, -0.1) is 22.7 Å². The van der Waals surface area contributed by atoms with Crippen LogP contribution < -0.4 is 10.6 Å². The van der Waals surface area contributed by atoms with Gasteiger partial charge in [0.2, 0.25) is 0 Å². The molecule has 3 N–H and O–H groups in total. The number of hydrogen-bond acceptors (Lipinski definition) is 8. The highest BCUT2D eigenvalue weighted by atomic mass is 32.1. The van der Waals surface area contributed by atoms with Crippen molar-refractivity contribution < 1.29 is 19.4 Å². The van der Waals surface area contributed by atoms with Crippen LogP contribution in [0.3, 0.4) is 0 Å². The number of ether oxygens (including phenoxy) is 1. The number of aliphatic hydroxyl groups excluding tert-OH is 1. The molecule has 0 spiro atoms. The number of alkyl carbamates (subject to hydrolysis) is 1. The first-order chi connectivity index (χ1) is 23.6. The molecule has 4 atom stereocenters. The molecule has 0 aliphatic rings. The van der Waals surface area contributed by atoms with E-state index in [1.807, 2.05) is 53.9 Å². The molecule has 0 fully saturated rings. The molecule has 4 rings (SSSR count). The van der Waals surface area contributed by atoms with Crippen molar-refractivity contribution in [3.05, 3.63) is 104 Å². The third kappa shape index (κ3) is 12.9. The number of carbonyl (C=O) groups excluding carboxylic acids is 2. The van der Waals surface area contributed by atoms with Crippen molar-refractivity contribution >= 4 is 34.8 Å². The van der Waals surface area contributed by atoms with Crippen LogP contribution >= 0.6 is 22.7 Å². The van der Waals surface area contributed by atoms with Gasteiger partial charge in [0.1, 0.15) is 6.61 Å². The number of amides is 3. The Morgan fingerprint density at radius 1 is 0.898 bits per heavy atom. The van der Waals surface area contributed by atoms with E-state index in [-0.39, 0.29) is 30.5 Å². The molecule has 11 heteroatoms. The van der Waals surface area contributed by atoms with Gasteiger partial charge in [-0.25, -0.2) is 14.6 Å². The summed E-state index contributed by atoms with van der Waals surface area (Å²) in [6, 6.07) is 19.4. The van der Waals surface area contributed by atoms with E-state index in [4.69, 9.17) is 9.72 Å². The fourth-order valence-corrected chi connectivity index (χ4v) is 7.11. The van der Waals surface area contributed by atoms with Gasteiger partial charge in [-0.1, -0.05) is 88.4 Å². The van der Waals surface area contributed by atoms with E-state index < -0.39 is 18.2 Å². The van der Waals surface area contributed by atoms with Crippen molar-refractivity contribution in [3.8, 4) is 0 Å². The summed E-state index contributed by atoms with van der Waals surface area (Å²) in [6.07, 6.45) is 3.53. The first kappa shape index (κ1) is 38.0. The number of aromatic nitrogens is 2. The van der Waals surface area contributed by atoms with E-state index in [0.717, 1.165) is 40.4 Å². The zero-order chi connectivity index (χ0) is 35.2. The lowest BCUT2D eigenvalue weighted by Crippen LogP contribution is -2.46. The molecular formula is C38H51N5O4S2. The van der Waals surface area contributed by atoms with E-state index in [0.29, 0.717) is 25.3 Å². The lowest BCUT2D eigenvalue weighted by atomic mass is 9.84. The molecule has 0 aliphatic carbocycles. The van der Waals surface area contributed by atoms with Crippen LogP contribution in [-0.4, -0.2) is 57.3 Å². The standard InChI is InChI=1S/C38H51N5O4S2/c1-26(2)33(41-37(45)43(5)22-31-24-48-36(40-31)27(3)4)17-16-30(18-28-12-8-6-9-13-28)20-35(44)34(19-29-14-10-7-11-15-29)42-38(46)47-23-32-21-39-25-49-32/h6-15,21,24-27,30,33-35,44H,16-20,22-23H2,1-5H3,(H,41,45)(H,42,46)/t30-,33+,34-,35-/m0/s1. The Kier molecular flexibility index (Phi) is 15.1. The van der Waals surface area contributed by atoms with E-state index in [2.05, 4.69) is 55.4 Å². The molecule has 2 aromatic heterocycles. The Hall–Kier alpha value is -3.80. The predicted octanol–water partition coefficient (Wildman–Crippen LogP) is 7.82. The minimum atomic E-state index is -0.822. The van der Waals surface area contributed by atoms with E-state index in [1.165, 1.54) is 16.9 Å². The molecule has 0 saturated heterocycles. The van der Waals surface area contributed by atoms with Crippen molar-refractivity contribution in [1.29, 1.82) is 0 Å². The molecule has 0 saturated carbocycles. The summed E-state index contributed by atoms with van der Waals surface area (Å²) in [6.45, 7) is 9.07. The maximum Gasteiger partial charge on any atom is 0.407 e. The molecule has 4 aromatic rings. The predicted molar refractivity (Wildman–Crippen MR) is 198 cm³/mol. The minimum Gasteiger partial charge on any atom is -0.444 e. The van der Waals surface area contributed by atoms with Crippen molar-refractivity contribution in [2.75, 3.05) is 7.05 Å². The second-order valence-corrected chi connectivity index (χ2v) is 15.3. The van der Waals surface area contributed by atoms with E-state index in [1.54, 1.807) is 35.0 Å². The molecule has 49 heavy (non-hydrogen) atoms. The summed E-state index contributed by atoms with van der Waals surface area (Å²) >= 11 is 3.05. The maximum absolute atomic E-state index is 13.3. The smallest absolute Gasteiger partial charge is 0.407 e. The van der Waals surface area contributed by atoms with Gasteiger partial charge in [0.25, 0.3) is 0 Å². The summed E-state index contributed by atoms with van der Waals surface area (Å²) in [5, 5.41) is 21.1. The van der Waals surface area contributed by atoms with Crippen LogP contribution in [0.5, 0.6) is 0 Å². The SMILES string of the molecule is CC(C)c1nc(CN(C)C(=O)N[C@H](CC[C@@H](Cc2ccccc2)C[C@H](O)[C@H](Cc2ccccc2)NC(=O)OCc2cncs2)C(C)C)cs1. The molecule has 0 bridgehead atoms. The van der Waals surface area contributed by atoms with Crippen molar-refractivity contribution in [2.24, 2.45) is 11.8 Å². The van der Waals surface area contributed by atoms with Crippen LogP contribution in [0.2, 0.25) is 0 Å². The van der Waals surface area contributed by atoms with Crippen molar-refractivity contribution in [3.63, 3.8) is 0 Å². The molecule has 0 aliphatic heterocycles. The summed E-state index contributed by atoms with van der Waals surface area (Å²) < 4.78 is 5.48. The first-order valence-electron chi connectivity index (χ1n) is 17.1. The average molecular weight is 706 g/mol. The number of thiazole rings is 2. The number of aliphatic hydroxyl groups is 1. The lowest BCUT2D eigenvalue weighted by Gasteiger charge is -2.30. The van der Waals surface area contributed by atoms with Gasteiger partial charge in [0.05, 0.1) is 39.8 Å². The highest BCUT2D eigenvalue weighted by Gasteiger charge is 2.28. The maximum atomic E-state index is 13.3. The Morgan fingerprint density at radius 2 is 1.57 bits per heavy atom. The van der Waals surface area contributed by atoms with Crippen LogP contribution in [0.4, 0.5) is 9.59 Å². The largest absolute Gasteiger partial charge is 0.444 e. The van der Waals surface area contributed by atoms with E-state index >= 15 is 0 Å². The third-order valence-corrected chi connectivity index (χ3v) is 10.6. The van der Waals surface area contributed by atoms with E-state index in [9.17, 15) is 14.7 Å². The normalized spacial score (nSPS) is 13.9. The van der Waals surface area contributed by atoms with Crippen LogP contribution in [-0.2, 0) is 30.7 Å². The topological polar surface area (TPSA) is 117 Å². The zero-order valence-electron chi connectivity index (χ0n) is 29.2. The van der Waals surface area contributed by atoms with Gasteiger partial charge in [0.15, 0.2) is 0 Å². The Morgan fingerprint density at radius 3 is 2.16 bits per heavy atom. The Balaban J connectivity index is 1.42. The number of nitrogens with zero attached hydrogens (tertiary/aromatic N) is 3. The number of carbonyl (C=O) groups is 2. The van der Waals surface area contributed by atoms with Gasteiger partial charge >= 0.3 is 12.1 Å². The first-order valence-corrected chi connectivity index (χ1v) is 18.9. The number of hydrogen-bond donors (Lipinski definition) is 3. The number of urea groups is 1. The second-order valence-electron chi connectivity index (χ2n) is 13.4. The Bertz CT molecular complexity index is 1530. The van der Waals surface area contributed by atoms with Crippen LogP contribution in [0, 0.1) is 11.8 Å². The Labute approximate surface area is 299 Å². The second kappa shape index (κ2) is 19.4. The number of nitrogens with one attached hydrogen (secondary N) is 2. The third-order valence-electron chi connectivity index (χ3n) is 8.65. The summed E-state index contributed by atoms with van der Waals surface area (Å²) in [5.74, 6) is 0.677. The molecule has 3 amide bonds. The average Bonchev–Trinajstić information content (AvgIpc) is 3.79.